The van der Waals surface area contributed by atoms with E-state index >= 15 is 0 Å². The van der Waals surface area contributed by atoms with Crippen LogP contribution in [0.1, 0.15) is 58.8 Å². The van der Waals surface area contributed by atoms with Gasteiger partial charge in [-0.15, -0.1) is 6.58 Å². The van der Waals surface area contributed by atoms with E-state index in [9.17, 15) is 4.79 Å². The van der Waals surface area contributed by atoms with Gasteiger partial charge < -0.3 is 5.32 Å². The summed E-state index contributed by atoms with van der Waals surface area (Å²) in [4.78, 5) is 11.1. The Hall–Kier alpha value is -0.630. The van der Waals surface area contributed by atoms with Crippen molar-refractivity contribution in [3.05, 3.63) is 12.7 Å². The lowest BCUT2D eigenvalue weighted by molar-refractivity contribution is -0.122. The molecule has 2 heteroatoms. The van der Waals surface area contributed by atoms with Crippen molar-refractivity contribution in [2.45, 2.75) is 58.8 Å². The van der Waals surface area contributed by atoms with Crippen LogP contribution in [0.25, 0.3) is 0 Å². The van der Waals surface area contributed by atoms with E-state index in [-0.39, 0.29) is 5.92 Å². The average molecular weight is 253 g/mol. The summed E-state index contributed by atoms with van der Waals surface area (Å²) in [5.41, 5.74) is 0. The Morgan fingerprint density at radius 1 is 1.33 bits per heavy atom. The molecule has 18 heavy (non-hydrogen) atoms. The number of ketones is 1. The minimum absolute atomic E-state index is 0.279. The van der Waals surface area contributed by atoms with Crippen LogP contribution in [0.15, 0.2) is 12.7 Å². The van der Waals surface area contributed by atoms with Crippen molar-refractivity contribution >= 4 is 5.78 Å². The molecule has 2 atom stereocenters. The van der Waals surface area contributed by atoms with Gasteiger partial charge in [-0.1, -0.05) is 38.7 Å². The maximum atomic E-state index is 11.1. The van der Waals surface area contributed by atoms with E-state index in [2.05, 4.69) is 18.8 Å². The number of unbranched alkanes of at least 4 members (excludes halogenated alkanes) is 2. The molecule has 1 fully saturated rings. The summed E-state index contributed by atoms with van der Waals surface area (Å²) in [6.45, 7) is 8.86. The number of nitrogens with one attached hydrogen (secondary N) is 1. The number of hydrogen-bond donors (Lipinski definition) is 1. The minimum Gasteiger partial charge on any atom is -0.320 e. The van der Waals surface area contributed by atoms with Crippen molar-refractivity contribution in [1.29, 1.82) is 0 Å². The molecule has 0 aromatic heterocycles. The summed E-state index contributed by atoms with van der Waals surface area (Å²) in [6, 6.07) is 0. The Bertz CT molecular complexity index is 221. The molecule has 1 aliphatic carbocycles. The standard InChI is InChI=1S/C10H16O.C6H15N/c1-3-9-6-4-5-7-10(9)8(2)11;1-3-4-5-6-7-2/h3,9-10H,1,4-7H2,2H3;7H,3-6H2,1-2H3. The van der Waals surface area contributed by atoms with Gasteiger partial charge in [-0.2, -0.15) is 0 Å². The van der Waals surface area contributed by atoms with Crippen molar-refractivity contribution in [2.24, 2.45) is 11.8 Å². The summed E-state index contributed by atoms with van der Waals surface area (Å²) in [5, 5.41) is 3.10. The molecule has 0 aromatic carbocycles. The fourth-order valence-corrected chi connectivity index (χ4v) is 2.50. The lowest BCUT2D eigenvalue weighted by Crippen LogP contribution is -2.23. The van der Waals surface area contributed by atoms with Crippen LogP contribution >= 0.6 is 0 Å². The molecule has 106 valence electrons. The number of rotatable bonds is 6. The number of allylic oxidation sites excluding steroid dienone is 1. The first-order valence-corrected chi connectivity index (χ1v) is 7.44. The Morgan fingerprint density at radius 2 is 2.00 bits per heavy atom. The number of Topliss-reactive ketones (excluding diaryl/α,β-unsaturated/α-hetero) is 1. The molecule has 1 saturated carbocycles. The second-order valence-corrected chi connectivity index (χ2v) is 5.21. The molecule has 0 bridgehead atoms. The Kier molecular flexibility index (Phi) is 11.1. The van der Waals surface area contributed by atoms with Gasteiger partial charge in [-0.05, 0) is 45.7 Å². The van der Waals surface area contributed by atoms with Gasteiger partial charge in [0.25, 0.3) is 0 Å². The predicted octanol–water partition coefficient (Wildman–Crippen LogP) is 3.96. The molecule has 1 N–H and O–H groups in total. The highest BCUT2D eigenvalue weighted by Gasteiger charge is 2.25. The zero-order chi connectivity index (χ0) is 13.8. The predicted molar refractivity (Wildman–Crippen MR) is 79.8 cm³/mol. The lowest BCUT2D eigenvalue weighted by Gasteiger charge is -2.26. The third-order valence-corrected chi connectivity index (χ3v) is 3.67. The molecule has 0 heterocycles. The summed E-state index contributed by atoms with van der Waals surface area (Å²) in [5.74, 6) is 1.08. The van der Waals surface area contributed by atoms with E-state index in [1.54, 1.807) is 6.92 Å². The van der Waals surface area contributed by atoms with Crippen molar-refractivity contribution in [3.8, 4) is 0 Å². The first-order valence-electron chi connectivity index (χ1n) is 7.44. The van der Waals surface area contributed by atoms with Crippen molar-refractivity contribution < 1.29 is 4.79 Å². The van der Waals surface area contributed by atoms with Gasteiger partial charge in [-0.3, -0.25) is 4.79 Å². The van der Waals surface area contributed by atoms with E-state index in [1.165, 1.54) is 38.6 Å². The van der Waals surface area contributed by atoms with E-state index in [1.807, 2.05) is 13.1 Å². The van der Waals surface area contributed by atoms with E-state index in [0.29, 0.717) is 11.7 Å². The van der Waals surface area contributed by atoms with E-state index in [4.69, 9.17) is 0 Å². The average Bonchev–Trinajstić information content (AvgIpc) is 2.40. The monoisotopic (exact) mass is 253 g/mol. The summed E-state index contributed by atoms with van der Waals surface area (Å²) < 4.78 is 0. The smallest absolute Gasteiger partial charge is 0.133 e. The van der Waals surface area contributed by atoms with Gasteiger partial charge >= 0.3 is 0 Å². The molecule has 0 aromatic rings. The Morgan fingerprint density at radius 3 is 2.44 bits per heavy atom. The summed E-state index contributed by atoms with van der Waals surface area (Å²) >= 11 is 0. The molecule has 0 aliphatic heterocycles. The third-order valence-electron chi connectivity index (χ3n) is 3.67. The largest absolute Gasteiger partial charge is 0.320 e. The SMILES string of the molecule is C=CC1CCCCC1C(C)=O.CCCCCNC. The molecule has 0 amide bonds. The zero-order valence-corrected chi connectivity index (χ0v) is 12.5. The van der Waals surface area contributed by atoms with Crippen LogP contribution in [0.5, 0.6) is 0 Å². The lowest BCUT2D eigenvalue weighted by atomic mass is 9.77. The highest BCUT2D eigenvalue weighted by Crippen LogP contribution is 2.30. The zero-order valence-electron chi connectivity index (χ0n) is 12.5. The summed E-state index contributed by atoms with van der Waals surface area (Å²) in [7, 11) is 2.00. The van der Waals surface area contributed by atoms with Crippen molar-refractivity contribution in [1.82, 2.24) is 5.32 Å². The fraction of sp³-hybridized carbons (Fsp3) is 0.812. The molecule has 1 rings (SSSR count). The Balaban J connectivity index is 0.000000360. The van der Waals surface area contributed by atoms with Crippen LogP contribution in [0.3, 0.4) is 0 Å². The number of carbonyl (C=O) groups is 1. The number of carbonyl (C=O) groups excluding carboxylic acids is 1. The van der Waals surface area contributed by atoms with Crippen molar-refractivity contribution in [2.75, 3.05) is 13.6 Å². The molecule has 2 nitrogen and oxygen atoms in total. The highest BCUT2D eigenvalue weighted by atomic mass is 16.1. The topological polar surface area (TPSA) is 29.1 Å². The van der Waals surface area contributed by atoms with Gasteiger partial charge in [0.2, 0.25) is 0 Å². The van der Waals surface area contributed by atoms with Crippen LogP contribution in [0.4, 0.5) is 0 Å². The van der Waals surface area contributed by atoms with Gasteiger partial charge in [0.15, 0.2) is 0 Å². The maximum Gasteiger partial charge on any atom is 0.133 e. The van der Waals surface area contributed by atoms with E-state index in [0.717, 1.165) is 12.8 Å². The summed E-state index contributed by atoms with van der Waals surface area (Å²) in [6.07, 6.45) is 10.7. The fourth-order valence-electron chi connectivity index (χ4n) is 2.50. The first-order chi connectivity index (χ1) is 8.67. The second-order valence-electron chi connectivity index (χ2n) is 5.21. The van der Waals surface area contributed by atoms with Gasteiger partial charge in [-0.25, -0.2) is 0 Å². The van der Waals surface area contributed by atoms with Crippen LogP contribution in [0, 0.1) is 11.8 Å². The highest BCUT2D eigenvalue weighted by molar-refractivity contribution is 5.78. The quantitative estimate of drug-likeness (QED) is 0.573. The van der Waals surface area contributed by atoms with Crippen LogP contribution in [-0.2, 0) is 4.79 Å². The molecule has 0 saturated heterocycles. The molecular weight excluding hydrogens is 222 g/mol. The number of hydrogen-bond acceptors (Lipinski definition) is 2. The second kappa shape index (κ2) is 11.5. The van der Waals surface area contributed by atoms with Crippen molar-refractivity contribution in [3.63, 3.8) is 0 Å². The molecule has 0 spiro atoms. The van der Waals surface area contributed by atoms with Crippen LogP contribution < -0.4 is 5.32 Å². The Labute approximate surface area is 113 Å². The van der Waals surface area contributed by atoms with E-state index < -0.39 is 0 Å². The first kappa shape index (κ1) is 17.4. The van der Waals surface area contributed by atoms with Gasteiger partial charge in [0.1, 0.15) is 5.78 Å². The molecule has 2 unspecified atom stereocenters. The normalized spacial score (nSPS) is 22.8. The molecule has 1 aliphatic rings. The van der Waals surface area contributed by atoms with Crippen LogP contribution in [0.2, 0.25) is 0 Å². The van der Waals surface area contributed by atoms with Gasteiger partial charge in [0, 0.05) is 5.92 Å². The third kappa shape index (κ3) is 7.65. The van der Waals surface area contributed by atoms with Crippen LogP contribution in [-0.4, -0.2) is 19.4 Å². The minimum atomic E-state index is 0.279. The molecular formula is C16H31NO. The molecule has 0 radical (unpaired) electrons. The maximum absolute atomic E-state index is 11.1. The van der Waals surface area contributed by atoms with Gasteiger partial charge in [0.05, 0.1) is 0 Å².